The van der Waals surface area contributed by atoms with E-state index >= 15 is 0 Å². The van der Waals surface area contributed by atoms with Crippen LogP contribution in [0.15, 0.2) is 30.3 Å². The molecule has 2 fully saturated rings. The van der Waals surface area contributed by atoms with E-state index in [2.05, 4.69) is 22.3 Å². The van der Waals surface area contributed by atoms with Gasteiger partial charge in [0.05, 0.1) is 0 Å². The summed E-state index contributed by atoms with van der Waals surface area (Å²) in [6.07, 6.45) is 3.13. The molecule has 5 rings (SSSR count). The van der Waals surface area contributed by atoms with E-state index in [1.54, 1.807) is 9.80 Å². The highest BCUT2D eigenvalue weighted by Gasteiger charge is 2.29. The SMILES string of the molecule is C[C@@H]1CN(c2cc(F)c(F)c(F)c2)CCN1C(=O)NCCC1CCN(Cc2ccc3c(c2)OCCO3)CC1. The molecule has 2 aromatic carbocycles. The lowest BCUT2D eigenvalue weighted by atomic mass is 9.93. The summed E-state index contributed by atoms with van der Waals surface area (Å²) < 4.78 is 51.9. The number of rotatable bonds is 6. The van der Waals surface area contributed by atoms with Gasteiger partial charge in [-0.3, -0.25) is 4.90 Å². The largest absolute Gasteiger partial charge is 0.486 e. The number of urea groups is 1. The fourth-order valence-electron chi connectivity index (χ4n) is 5.58. The van der Waals surface area contributed by atoms with Crippen LogP contribution in [0.4, 0.5) is 23.7 Å². The summed E-state index contributed by atoms with van der Waals surface area (Å²) in [7, 11) is 0. The van der Waals surface area contributed by atoms with Crippen molar-refractivity contribution in [3.05, 3.63) is 53.3 Å². The van der Waals surface area contributed by atoms with Crippen LogP contribution >= 0.6 is 0 Å². The second kappa shape index (κ2) is 11.7. The van der Waals surface area contributed by atoms with Gasteiger partial charge in [-0.2, -0.15) is 0 Å². The number of carbonyl (C=O) groups is 1. The van der Waals surface area contributed by atoms with Gasteiger partial charge in [0.25, 0.3) is 0 Å². The Bertz CT molecular complexity index is 1120. The molecule has 38 heavy (non-hydrogen) atoms. The molecule has 0 bridgehead atoms. The van der Waals surface area contributed by atoms with Gasteiger partial charge >= 0.3 is 6.03 Å². The maximum atomic E-state index is 13.6. The average molecular weight is 533 g/mol. The van der Waals surface area contributed by atoms with Crippen molar-refractivity contribution in [3.63, 3.8) is 0 Å². The zero-order valence-electron chi connectivity index (χ0n) is 21.7. The molecule has 3 heterocycles. The van der Waals surface area contributed by atoms with E-state index in [9.17, 15) is 18.0 Å². The Labute approximate surface area is 221 Å². The predicted octanol–water partition coefficient (Wildman–Crippen LogP) is 4.40. The van der Waals surface area contributed by atoms with E-state index in [4.69, 9.17) is 9.47 Å². The number of benzene rings is 2. The molecule has 0 spiro atoms. The predicted molar refractivity (Wildman–Crippen MR) is 138 cm³/mol. The lowest BCUT2D eigenvalue weighted by molar-refractivity contribution is 0.161. The number of nitrogens with zero attached hydrogens (tertiary/aromatic N) is 3. The van der Waals surface area contributed by atoms with Crippen molar-refractivity contribution in [2.24, 2.45) is 5.92 Å². The lowest BCUT2D eigenvalue weighted by Gasteiger charge is -2.41. The fourth-order valence-corrected chi connectivity index (χ4v) is 5.58. The molecule has 2 amide bonds. The van der Waals surface area contributed by atoms with Crippen molar-refractivity contribution in [2.45, 2.75) is 38.8 Å². The number of carbonyl (C=O) groups excluding carboxylic acids is 1. The van der Waals surface area contributed by atoms with E-state index in [0.29, 0.717) is 45.3 Å². The summed E-state index contributed by atoms with van der Waals surface area (Å²) in [5.74, 6) is -1.66. The Morgan fingerprint density at radius 2 is 1.68 bits per heavy atom. The van der Waals surface area contributed by atoms with Crippen LogP contribution in [0.2, 0.25) is 0 Å². The number of halogens is 3. The van der Waals surface area contributed by atoms with Gasteiger partial charge < -0.3 is 24.6 Å². The summed E-state index contributed by atoms with van der Waals surface area (Å²) in [5.41, 5.74) is 1.51. The van der Waals surface area contributed by atoms with Crippen LogP contribution in [0.1, 0.15) is 31.7 Å². The number of anilines is 1. The number of amides is 2. The van der Waals surface area contributed by atoms with Gasteiger partial charge in [-0.1, -0.05) is 6.07 Å². The molecule has 3 aliphatic heterocycles. The van der Waals surface area contributed by atoms with Gasteiger partial charge in [-0.15, -0.1) is 0 Å². The highest BCUT2D eigenvalue weighted by Crippen LogP contribution is 2.32. The van der Waals surface area contributed by atoms with Crippen LogP contribution in [0.25, 0.3) is 0 Å². The molecular weight excluding hydrogens is 497 g/mol. The van der Waals surface area contributed by atoms with E-state index in [-0.39, 0.29) is 17.8 Å². The third-order valence-corrected chi connectivity index (χ3v) is 7.77. The van der Waals surface area contributed by atoms with Crippen LogP contribution in [-0.4, -0.2) is 74.4 Å². The summed E-state index contributed by atoms with van der Waals surface area (Å²) in [4.78, 5) is 18.8. The van der Waals surface area contributed by atoms with Gasteiger partial charge in [0.1, 0.15) is 13.2 Å². The topological polar surface area (TPSA) is 57.3 Å². The Balaban J connectivity index is 1.02. The molecule has 3 aliphatic rings. The third-order valence-electron chi connectivity index (χ3n) is 7.77. The fraction of sp³-hybridized carbons (Fsp3) is 0.536. The summed E-state index contributed by atoms with van der Waals surface area (Å²) in [6.45, 7) is 7.90. The molecule has 7 nitrogen and oxygen atoms in total. The maximum Gasteiger partial charge on any atom is 0.317 e. The molecule has 2 saturated heterocycles. The van der Waals surface area contributed by atoms with Crippen molar-refractivity contribution >= 4 is 11.7 Å². The minimum Gasteiger partial charge on any atom is -0.486 e. The molecule has 1 atom stereocenters. The first-order valence-electron chi connectivity index (χ1n) is 13.4. The van der Waals surface area contributed by atoms with Crippen molar-refractivity contribution in [2.75, 3.05) is 57.4 Å². The zero-order valence-corrected chi connectivity index (χ0v) is 21.7. The van der Waals surface area contributed by atoms with E-state index in [0.717, 1.165) is 62.5 Å². The van der Waals surface area contributed by atoms with Gasteiger partial charge in [0.15, 0.2) is 29.0 Å². The second-order valence-electron chi connectivity index (χ2n) is 10.4. The summed E-state index contributed by atoms with van der Waals surface area (Å²) in [5, 5.41) is 3.05. The zero-order chi connectivity index (χ0) is 26.6. The van der Waals surface area contributed by atoms with E-state index < -0.39 is 17.5 Å². The lowest BCUT2D eigenvalue weighted by Crippen LogP contribution is -2.56. The minimum absolute atomic E-state index is 0.121. The van der Waals surface area contributed by atoms with Crippen LogP contribution in [0, 0.1) is 23.4 Å². The number of nitrogens with one attached hydrogen (secondary N) is 1. The van der Waals surface area contributed by atoms with Crippen molar-refractivity contribution in [3.8, 4) is 11.5 Å². The Kier molecular flexibility index (Phi) is 8.16. The highest BCUT2D eigenvalue weighted by molar-refractivity contribution is 5.75. The summed E-state index contributed by atoms with van der Waals surface area (Å²) >= 11 is 0. The Morgan fingerprint density at radius 1 is 0.974 bits per heavy atom. The van der Waals surface area contributed by atoms with Gasteiger partial charge in [0.2, 0.25) is 0 Å². The molecule has 1 N–H and O–H groups in total. The number of hydrogen-bond acceptors (Lipinski definition) is 5. The molecule has 0 unspecified atom stereocenters. The highest BCUT2D eigenvalue weighted by atomic mass is 19.2. The van der Waals surface area contributed by atoms with E-state index in [1.165, 1.54) is 5.56 Å². The molecular formula is C28H35F3N4O3. The first-order valence-corrected chi connectivity index (χ1v) is 13.4. The number of piperazine rings is 1. The Hall–Kier alpha value is -3.14. The monoisotopic (exact) mass is 532 g/mol. The van der Waals surface area contributed by atoms with Crippen LogP contribution in [0.5, 0.6) is 11.5 Å². The molecule has 0 aliphatic carbocycles. The first-order chi connectivity index (χ1) is 18.4. The number of fused-ring (bicyclic) bond motifs is 1. The third kappa shape index (κ3) is 6.11. The van der Waals surface area contributed by atoms with E-state index in [1.807, 2.05) is 13.0 Å². The average Bonchev–Trinajstić information content (AvgIpc) is 2.92. The standard InChI is InChI=1S/C28H35F3N4O3/c1-19-17-34(22-15-23(29)27(31)24(30)16-22)10-11-35(19)28(36)32-7-4-20-5-8-33(9-6-20)18-21-2-3-25-26(14-21)38-13-12-37-25/h2-3,14-16,19-20H,4-13,17-18H2,1H3,(H,32,36)/t19-/m1/s1. The van der Waals surface area contributed by atoms with Crippen molar-refractivity contribution in [1.29, 1.82) is 0 Å². The molecule has 0 saturated carbocycles. The Morgan fingerprint density at radius 3 is 2.39 bits per heavy atom. The normalized spacial score (nSPS) is 20.5. The number of hydrogen-bond donors (Lipinski definition) is 1. The first kappa shape index (κ1) is 26.5. The van der Waals surface area contributed by atoms with Crippen molar-refractivity contribution in [1.82, 2.24) is 15.1 Å². The van der Waals surface area contributed by atoms with Crippen LogP contribution < -0.4 is 19.7 Å². The summed E-state index contributed by atoms with van der Waals surface area (Å²) in [6, 6.07) is 7.90. The van der Waals surface area contributed by atoms with Crippen LogP contribution in [0.3, 0.4) is 0 Å². The maximum absolute atomic E-state index is 13.6. The number of likely N-dealkylation sites (tertiary alicyclic amines) is 1. The second-order valence-corrected chi connectivity index (χ2v) is 10.4. The molecule has 10 heteroatoms. The number of ether oxygens (including phenoxy) is 2. The van der Waals surface area contributed by atoms with Crippen molar-refractivity contribution < 1.29 is 27.4 Å². The minimum atomic E-state index is -1.47. The van der Waals surface area contributed by atoms with Gasteiger partial charge in [0, 0.05) is 56.6 Å². The molecule has 0 aromatic heterocycles. The molecule has 0 radical (unpaired) electrons. The smallest absolute Gasteiger partial charge is 0.317 e. The number of piperidine rings is 1. The quantitative estimate of drug-likeness (QED) is 0.559. The molecule has 206 valence electrons. The van der Waals surface area contributed by atoms with Crippen LogP contribution in [-0.2, 0) is 6.54 Å². The van der Waals surface area contributed by atoms with Gasteiger partial charge in [-0.05, 0) is 62.9 Å². The molecule has 2 aromatic rings. The van der Waals surface area contributed by atoms with Gasteiger partial charge in [-0.25, -0.2) is 18.0 Å².